The number of aldehydes is 1. The molecule has 2 fully saturated rings. The van der Waals surface area contributed by atoms with Gasteiger partial charge in [-0.1, -0.05) is 45.7 Å². The Labute approximate surface area is 458 Å². The van der Waals surface area contributed by atoms with Gasteiger partial charge in [0.1, 0.15) is 45.2 Å². The number of benzene rings is 2. The van der Waals surface area contributed by atoms with Gasteiger partial charge in [-0.3, -0.25) is 14.4 Å². The van der Waals surface area contributed by atoms with Crippen LogP contribution in [0.1, 0.15) is 106 Å². The summed E-state index contributed by atoms with van der Waals surface area (Å²) in [5.74, 6) is 0.760. The molecular formula is C54H73N9O14S2. The minimum absolute atomic E-state index is 0.0284. The molecule has 8 rings (SSSR count). The number of carbonyl (C=O) groups is 1. The molecule has 0 bridgehead atoms. The average molecular weight is 1140 g/mol. The quantitative estimate of drug-likeness (QED) is 0.0213. The van der Waals surface area contributed by atoms with Gasteiger partial charge in [0.2, 0.25) is 20.0 Å². The fraction of sp³-hybridized carbons (Fsp3) is 0.519. The highest BCUT2D eigenvalue weighted by molar-refractivity contribution is 7.89. The predicted molar refractivity (Wildman–Crippen MR) is 297 cm³/mol. The molecule has 2 saturated heterocycles. The number of aromatic nitrogens is 6. The summed E-state index contributed by atoms with van der Waals surface area (Å²) < 4.78 is 72.1. The lowest BCUT2D eigenvalue weighted by atomic mass is 9.93. The molecule has 23 nitrogen and oxygen atoms in total. The summed E-state index contributed by atoms with van der Waals surface area (Å²) in [5.41, 5.74) is 3.60. The van der Waals surface area contributed by atoms with Gasteiger partial charge in [0.05, 0.1) is 77.2 Å². The van der Waals surface area contributed by atoms with E-state index in [0.717, 1.165) is 37.5 Å². The van der Waals surface area contributed by atoms with Gasteiger partial charge in [0.25, 0.3) is 11.1 Å². The van der Waals surface area contributed by atoms with Gasteiger partial charge in [-0.05, 0) is 99.6 Å². The lowest BCUT2D eigenvalue weighted by Gasteiger charge is -2.33. The van der Waals surface area contributed by atoms with Crippen molar-refractivity contribution < 1.29 is 56.7 Å². The summed E-state index contributed by atoms with van der Waals surface area (Å²) in [7, 11) is -4.46. The lowest BCUT2D eigenvalue weighted by Crippen LogP contribution is -2.41. The van der Waals surface area contributed by atoms with Crippen molar-refractivity contribution in [2.24, 2.45) is 31.1 Å². The molecule has 0 unspecified atom stereocenters. The van der Waals surface area contributed by atoms with E-state index in [1.165, 1.54) is 43.7 Å². The maximum absolute atomic E-state index is 13.6. The van der Waals surface area contributed by atoms with Crippen molar-refractivity contribution in [1.82, 2.24) is 37.7 Å². The molecule has 4 aromatic heterocycles. The zero-order valence-corrected chi connectivity index (χ0v) is 47.1. The summed E-state index contributed by atoms with van der Waals surface area (Å²) in [6.45, 7) is 8.78. The number of nitrogens with zero attached hydrogens (tertiary/aromatic N) is 7. The van der Waals surface area contributed by atoms with Crippen LogP contribution in [0.4, 0.5) is 0 Å². The molecule has 2 aromatic carbocycles. The smallest absolute Gasteiger partial charge is 0.275 e. The van der Waals surface area contributed by atoms with Crippen LogP contribution in [0.3, 0.4) is 0 Å². The van der Waals surface area contributed by atoms with E-state index >= 15 is 0 Å². The molecule has 7 N–H and O–H groups in total. The summed E-state index contributed by atoms with van der Waals surface area (Å²) >= 11 is 0. The zero-order chi connectivity index (χ0) is 57.3. The molecule has 430 valence electrons. The highest BCUT2D eigenvalue weighted by Crippen LogP contribution is 2.37. The Kier molecular flexibility index (Phi) is 20.1. The van der Waals surface area contributed by atoms with E-state index in [4.69, 9.17) is 19.4 Å². The zero-order valence-electron chi connectivity index (χ0n) is 45.5. The molecule has 6 aromatic rings. The summed E-state index contributed by atoms with van der Waals surface area (Å²) in [4.78, 5) is 53.5. The maximum atomic E-state index is 13.6. The van der Waals surface area contributed by atoms with Crippen LogP contribution in [0, 0.1) is 11.8 Å². The second-order valence-electron chi connectivity index (χ2n) is 19.9. The lowest BCUT2D eigenvalue weighted by molar-refractivity contribution is 0.0278. The second-order valence-corrected chi connectivity index (χ2v) is 23.8. The molecule has 0 aliphatic carbocycles. The number of hydrogen-bond acceptors (Lipinski definition) is 17. The largest absolute Gasteiger partial charge is 0.493 e. The van der Waals surface area contributed by atoms with Crippen molar-refractivity contribution in [3.05, 3.63) is 79.6 Å². The van der Waals surface area contributed by atoms with Crippen molar-refractivity contribution in [3.8, 4) is 34.3 Å². The monoisotopic (exact) mass is 1140 g/mol. The van der Waals surface area contributed by atoms with Crippen molar-refractivity contribution in [1.29, 1.82) is 0 Å². The van der Waals surface area contributed by atoms with Crippen LogP contribution in [0.15, 0.2) is 60.9 Å². The van der Waals surface area contributed by atoms with Gasteiger partial charge in [-0.2, -0.15) is 8.61 Å². The van der Waals surface area contributed by atoms with Crippen LogP contribution in [-0.4, -0.2) is 157 Å². The molecule has 0 amide bonds. The molecule has 6 heterocycles. The molecule has 0 saturated carbocycles. The van der Waals surface area contributed by atoms with E-state index in [9.17, 15) is 56.9 Å². The van der Waals surface area contributed by atoms with Crippen LogP contribution in [0.2, 0.25) is 0 Å². The highest BCUT2D eigenvalue weighted by atomic mass is 32.2. The first-order valence-corrected chi connectivity index (χ1v) is 29.7. The number of oxime groups is 1. The molecule has 0 spiro atoms. The standard InChI is InChI=1S/C27H37N5O7S.C27H36N4O7S/c1-4-6-19-21(15-28-36)31(3)25-24(19)29-26(30-27(25)35)20-14-18(7-8-23(20)39-13-5-2)40(37,38)32-11-9-17(10-12-32)22(34)16-33;1-4-6-19-21(15-32)30(3)25-24(19)28-26(29-27(25)35)20-14-18(7-8-23(20)38-13-5-2)39(36,37)31-11-9-17(10-12-31)22(34)16-33/h7-8,14-15,17,22,33-34,36H,4-6,9-13,16H2,1-3H3,(H,29,30,35);7-8,14-15,17,22,33-34H,4-6,9-13,16H2,1-3H3,(H,28,29,35)/b28-15+;/t2*22-/m11/s1. The summed E-state index contributed by atoms with van der Waals surface area (Å²) in [5, 5.41) is 50.8. The molecule has 2 atom stereocenters. The number of aliphatic hydroxyl groups excluding tert-OH is 4. The minimum atomic E-state index is -3.90. The number of hydrogen-bond donors (Lipinski definition) is 7. The first-order chi connectivity index (χ1) is 37.8. The van der Waals surface area contributed by atoms with Crippen molar-refractivity contribution >= 4 is 54.6 Å². The number of aliphatic hydroxyl groups is 4. The summed E-state index contributed by atoms with van der Waals surface area (Å²) in [6.07, 6.45) is 6.08. The number of H-pyrrole nitrogens is 2. The van der Waals surface area contributed by atoms with Crippen LogP contribution >= 0.6 is 0 Å². The Bertz CT molecular complexity index is 3500. The predicted octanol–water partition coefficient (Wildman–Crippen LogP) is 4.47. The normalized spacial score (nSPS) is 16.1. The average Bonchev–Trinajstić information content (AvgIpc) is 4.14. The molecule has 79 heavy (non-hydrogen) atoms. The SMILES string of the molecule is CCCOc1ccc(S(=O)(=O)N2CCC([C@H](O)CO)CC2)cc1-c1nc2c(CCC)c(/C=N/O)n(C)c2c(=O)[nH]1.CCCOc1ccc(S(=O)(=O)N2CCC([C@H](O)CO)CC2)cc1-c1nc2c(CCC)c(C=O)n(C)c2c(=O)[nH]1. The molecule has 25 heteroatoms. The van der Waals surface area contributed by atoms with Crippen molar-refractivity contribution in [2.75, 3.05) is 52.6 Å². The van der Waals surface area contributed by atoms with Crippen LogP contribution in [-0.2, 0) is 47.0 Å². The highest BCUT2D eigenvalue weighted by Gasteiger charge is 2.35. The van der Waals surface area contributed by atoms with Crippen molar-refractivity contribution in [3.63, 3.8) is 0 Å². The van der Waals surface area contributed by atoms with Crippen LogP contribution < -0.4 is 20.6 Å². The third-order valence-corrected chi connectivity index (χ3v) is 18.5. The van der Waals surface area contributed by atoms with Crippen LogP contribution in [0.25, 0.3) is 44.8 Å². The molecule has 0 radical (unpaired) electrons. The first kappa shape index (κ1) is 60.3. The van der Waals surface area contributed by atoms with E-state index in [0.29, 0.717) is 108 Å². The number of ether oxygens (including phenoxy) is 2. The topological polar surface area (TPSA) is 325 Å². The van der Waals surface area contributed by atoms with Gasteiger partial charge in [-0.15, -0.1) is 0 Å². The summed E-state index contributed by atoms with van der Waals surface area (Å²) in [6, 6.07) is 9.03. The number of aryl methyl sites for hydroxylation is 4. The fourth-order valence-electron chi connectivity index (χ4n) is 10.5. The minimum Gasteiger partial charge on any atom is -0.493 e. The van der Waals surface area contributed by atoms with Gasteiger partial charge in [0, 0.05) is 51.4 Å². The molecule has 2 aliphatic heterocycles. The fourth-order valence-corrected chi connectivity index (χ4v) is 13.5. The Balaban J connectivity index is 0.000000229. The third kappa shape index (κ3) is 12.5. The number of carbonyl (C=O) groups excluding carboxylic acids is 1. The van der Waals surface area contributed by atoms with E-state index in [2.05, 4.69) is 15.1 Å². The molecule has 2 aliphatic rings. The van der Waals surface area contributed by atoms with Gasteiger partial charge >= 0.3 is 0 Å². The van der Waals surface area contributed by atoms with Gasteiger partial charge < -0.3 is 54.2 Å². The third-order valence-electron chi connectivity index (χ3n) is 14.7. The van der Waals surface area contributed by atoms with E-state index in [1.54, 1.807) is 30.8 Å². The Morgan fingerprint density at radius 2 is 1.05 bits per heavy atom. The number of rotatable bonds is 22. The number of sulfonamides is 2. The number of fused-ring (bicyclic) bond motifs is 2. The maximum Gasteiger partial charge on any atom is 0.275 e. The van der Waals surface area contributed by atoms with Crippen molar-refractivity contribution in [2.45, 2.75) is 114 Å². The number of aromatic amines is 2. The van der Waals surface area contributed by atoms with E-state index < -0.39 is 43.4 Å². The number of nitrogens with one attached hydrogen (secondary N) is 2. The Morgan fingerprint density at radius 1 is 0.658 bits per heavy atom. The second kappa shape index (κ2) is 26.3. The van der Waals surface area contributed by atoms with Gasteiger partial charge in [0.15, 0.2) is 6.29 Å². The first-order valence-electron chi connectivity index (χ1n) is 26.8. The Hall–Kier alpha value is -6.32. The molecular weight excluding hydrogens is 1060 g/mol. The van der Waals surface area contributed by atoms with Crippen LogP contribution in [0.5, 0.6) is 11.5 Å². The van der Waals surface area contributed by atoms with E-state index in [-0.39, 0.29) is 78.2 Å². The van der Waals surface area contributed by atoms with E-state index in [1.807, 2.05) is 27.7 Å². The van der Waals surface area contributed by atoms with Gasteiger partial charge in [-0.25, -0.2) is 26.8 Å². The Morgan fingerprint density at radius 3 is 1.41 bits per heavy atom. The number of piperidine rings is 2.